The van der Waals surface area contributed by atoms with E-state index in [1.165, 1.54) is 0 Å². The number of methoxy groups -OCH3 is 1. The quantitative estimate of drug-likeness (QED) is 0.851. The molecule has 1 fully saturated rings. The maximum Gasteiger partial charge on any atom is 0.254 e. The standard InChI is InChI=1S/C13H17NO3/c1-13(16)8-14(9-13)12(15)11-5-3-4-10(6-11)7-17-2/h3-6,16H,7-9H2,1-2H3. The third kappa shape index (κ3) is 2.65. The van der Waals surface area contributed by atoms with Gasteiger partial charge in [0.15, 0.2) is 0 Å². The monoisotopic (exact) mass is 235 g/mol. The van der Waals surface area contributed by atoms with Gasteiger partial charge in [-0.15, -0.1) is 0 Å². The van der Waals surface area contributed by atoms with E-state index in [1.807, 2.05) is 18.2 Å². The van der Waals surface area contributed by atoms with Gasteiger partial charge in [-0.2, -0.15) is 0 Å². The van der Waals surface area contributed by atoms with Crippen molar-refractivity contribution in [1.29, 1.82) is 0 Å². The number of rotatable bonds is 3. The minimum Gasteiger partial charge on any atom is -0.386 e. The van der Waals surface area contributed by atoms with Crippen LogP contribution in [0.4, 0.5) is 0 Å². The summed E-state index contributed by atoms with van der Waals surface area (Å²) in [5.41, 5.74) is 0.903. The molecule has 1 aromatic rings. The molecule has 4 heteroatoms. The number of nitrogens with zero attached hydrogens (tertiary/aromatic N) is 1. The van der Waals surface area contributed by atoms with Crippen LogP contribution < -0.4 is 0 Å². The Kier molecular flexibility index (Phi) is 3.17. The largest absolute Gasteiger partial charge is 0.386 e. The van der Waals surface area contributed by atoms with E-state index >= 15 is 0 Å². The molecule has 0 radical (unpaired) electrons. The fourth-order valence-electron chi connectivity index (χ4n) is 2.06. The number of aliphatic hydroxyl groups is 1. The van der Waals surface area contributed by atoms with E-state index in [0.717, 1.165) is 5.56 Å². The molecule has 0 bridgehead atoms. The van der Waals surface area contributed by atoms with Crippen LogP contribution in [-0.2, 0) is 11.3 Å². The molecule has 1 saturated heterocycles. The smallest absolute Gasteiger partial charge is 0.254 e. The molecule has 0 unspecified atom stereocenters. The first-order valence-electron chi connectivity index (χ1n) is 5.61. The maximum absolute atomic E-state index is 12.0. The summed E-state index contributed by atoms with van der Waals surface area (Å²) in [5, 5.41) is 9.60. The van der Waals surface area contributed by atoms with Gasteiger partial charge in [-0.1, -0.05) is 12.1 Å². The number of amides is 1. The molecule has 0 spiro atoms. The number of carbonyl (C=O) groups is 1. The number of likely N-dealkylation sites (tertiary alicyclic amines) is 1. The summed E-state index contributed by atoms with van der Waals surface area (Å²) in [4.78, 5) is 13.7. The molecular weight excluding hydrogens is 218 g/mol. The fourth-order valence-corrected chi connectivity index (χ4v) is 2.06. The summed E-state index contributed by atoms with van der Waals surface area (Å²) >= 11 is 0. The average molecular weight is 235 g/mol. The lowest BCUT2D eigenvalue weighted by molar-refractivity contribution is -0.0668. The second-order valence-corrected chi connectivity index (χ2v) is 4.79. The Morgan fingerprint density at radius 3 is 2.82 bits per heavy atom. The van der Waals surface area contributed by atoms with Crippen LogP contribution in [0.15, 0.2) is 24.3 Å². The van der Waals surface area contributed by atoms with Crippen molar-refractivity contribution in [3.63, 3.8) is 0 Å². The summed E-state index contributed by atoms with van der Waals surface area (Å²) in [7, 11) is 1.63. The molecular formula is C13H17NO3. The molecule has 1 heterocycles. The molecule has 0 aliphatic carbocycles. The molecule has 1 aliphatic rings. The highest BCUT2D eigenvalue weighted by molar-refractivity contribution is 5.95. The summed E-state index contributed by atoms with van der Waals surface area (Å²) in [6.45, 7) is 3.04. The van der Waals surface area contributed by atoms with Gasteiger partial charge in [0.1, 0.15) is 0 Å². The van der Waals surface area contributed by atoms with Crippen LogP contribution in [0.3, 0.4) is 0 Å². The fraction of sp³-hybridized carbons (Fsp3) is 0.462. The number of ether oxygens (including phenoxy) is 1. The zero-order valence-electron chi connectivity index (χ0n) is 10.1. The molecule has 17 heavy (non-hydrogen) atoms. The van der Waals surface area contributed by atoms with Crippen LogP contribution in [0.1, 0.15) is 22.8 Å². The van der Waals surface area contributed by atoms with E-state index in [9.17, 15) is 9.90 Å². The van der Waals surface area contributed by atoms with Gasteiger partial charge in [0.2, 0.25) is 0 Å². The number of carbonyl (C=O) groups excluding carboxylic acids is 1. The minimum absolute atomic E-state index is 0.0329. The van der Waals surface area contributed by atoms with Gasteiger partial charge >= 0.3 is 0 Å². The molecule has 92 valence electrons. The Bertz CT molecular complexity index is 420. The number of benzene rings is 1. The predicted octanol–water partition coefficient (Wildman–Crippen LogP) is 1.04. The van der Waals surface area contributed by atoms with E-state index in [4.69, 9.17) is 4.74 Å². The van der Waals surface area contributed by atoms with Crippen molar-refractivity contribution < 1.29 is 14.6 Å². The Balaban J connectivity index is 2.07. The second-order valence-electron chi connectivity index (χ2n) is 4.79. The highest BCUT2D eigenvalue weighted by Crippen LogP contribution is 2.22. The van der Waals surface area contributed by atoms with Gasteiger partial charge in [-0.25, -0.2) is 0 Å². The zero-order valence-corrected chi connectivity index (χ0v) is 10.1. The Morgan fingerprint density at radius 2 is 2.24 bits per heavy atom. The number of hydrogen-bond acceptors (Lipinski definition) is 3. The van der Waals surface area contributed by atoms with Gasteiger partial charge in [-0.05, 0) is 24.6 Å². The first-order valence-corrected chi connectivity index (χ1v) is 5.61. The van der Waals surface area contributed by atoms with E-state index in [0.29, 0.717) is 25.3 Å². The molecule has 2 rings (SSSR count). The molecule has 1 N–H and O–H groups in total. The van der Waals surface area contributed by atoms with Crippen molar-refractivity contribution in [1.82, 2.24) is 4.90 Å². The molecule has 1 aliphatic heterocycles. The summed E-state index contributed by atoms with van der Waals surface area (Å²) < 4.78 is 5.03. The van der Waals surface area contributed by atoms with E-state index < -0.39 is 5.60 Å². The summed E-state index contributed by atoms with van der Waals surface area (Å²) in [6.07, 6.45) is 0. The molecule has 0 atom stereocenters. The van der Waals surface area contributed by atoms with Gasteiger partial charge < -0.3 is 14.7 Å². The third-order valence-electron chi connectivity index (χ3n) is 2.84. The minimum atomic E-state index is -0.722. The van der Waals surface area contributed by atoms with Gasteiger partial charge in [0, 0.05) is 12.7 Å². The van der Waals surface area contributed by atoms with Crippen LogP contribution in [-0.4, -0.2) is 41.7 Å². The molecule has 0 saturated carbocycles. The zero-order chi connectivity index (χ0) is 12.5. The van der Waals surface area contributed by atoms with Crippen LogP contribution in [0.25, 0.3) is 0 Å². The van der Waals surface area contributed by atoms with Crippen LogP contribution in [0.2, 0.25) is 0 Å². The van der Waals surface area contributed by atoms with E-state index in [-0.39, 0.29) is 5.91 Å². The van der Waals surface area contributed by atoms with Crippen LogP contribution in [0.5, 0.6) is 0 Å². The Labute approximate surface area is 101 Å². The molecule has 4 nitrogen and oxygen atoms in total. The van der Waals surface area contributed by atoms with Crippen molar-refractivity contribution in [3.8, 4) is 0 Å². The van der Waals surface area contributed by atoms with Crippen molar-refractivity contribution in [2.45, 2.75) is 19.1 Å². The van der Waals surface area contributed by atoms with Gasteiger partial charge in [0.05, 0.1) is 25.3 Å². The first-order chi connectivity index (χ1) is 8.02. The Morgan fingerprint density at radius 1 is 1.53 bits per heavy atom. The topological polar surface area (TPSA) is 49.8 Å². The molecule has 1 aromatic carbocycles. The third-order valence-corrected chi connectivity index (χ3v) is 2.84. The molecule has 1 amide bonds. The van der Waals surface area contributed by atoms with Crippen LogP contribution in [0, 0.1) is 0 Å². The predicted molar refractivity (Wildman–Crippen MR) is 63.7 cm³/mol. The maximum atomic E-state index is 12.0. The lowest BCUT2D eigenvalue weighted by Gasteiger charge is -2.44. The van der Waals surface area contributed by atoms with Gasteiger partial charge in [0.25, 0.3) is 5.91 Å². The number of β-amino-alcohol motifs (C(OH)–C–C–N with tert-alkyl or cyclic N) is 1. The Hall–Kier alpha value is -1.39. The second kappa shape index (κ2) is 4.47. The number of hydrogen-bond donors (Lipinski definition) is 1. The van der Waals surface area contributed by atoms with Crippen molar-refractivity contribution >= 4 is 5.91 Å². The highest BCUT2D eigenvalue weighted by Gasteiger charge is 2.39. The van der Waals surface area contributed by atoms with Crippen molar-refractivity contribution in [3.05, 3.63) is 35.4 Å². The SMILES string of the molecule is COCc1cccc(C(=O)N2CC(C)(O)C2)c1. The first kappa shape index (κ1) is 12.1. The van der Waals surface area contributed by atoms with Crippen molar-refractivity contribution in [2.75, 3.05) is 20.2 Å². The van der Waals surface area contributed by atoms with E-state index in [1.54, 1.807) is 25.0 Å². The van der Waals surface area contributed by atoms with E-state index in [2.05, 4.69) is 0 Å². The lowest BCUT2D eigenvalue weighted by Crippen LogP contribution is -2.61. The molecule has 0 aromatic heterocycles. The lowest BCUT2D eigenvalue weighted by atomic mass is 9.95. The normalized spacial score (nSPS) is 17.7. The summed E-state index contributed by atoms with van der Waals surface area (Å²) in [5.74, 6) is -0.0329. The van der Waals surface area contributed by atoms with Crippen molar-refractivity contribution in [2.24, 2.45) is 0 Å². The summed E-state index contributed by atoms with van der Waals surface area (Å²) in [6, 6.07) is 7.39. The van der Waals surface area contributed by atoms with Crippen LogP contribution >= 0.6 is 0 Å². The average Bonchev–Trinajstić information content (AvgIpc) is 2.26. The highest BCUT2D eigenvalue weighted by atomic mass is 16.5. The van der Waals surface area contributed by atoms with Gasteiger partial charge in [-0.3, -0.25) is 4.79 Å².